The number of nitrogens with one attached hydrogen (secondary N) is 1. The molecule has 3 rings (SSSR count). The second kappa shape index (κ2) is 7.84. The molecule has 1 amide bonds. The van der Waals surface area contributed by atoms with Crippen molar-refractivity contribution >= 4 is 28.4 Å². The molecule has 0 spiro atoms. The molecule has 0 aliphatic rings. The molecule has 0 aromatic heterocycles. The Morgan fingerprint density at radius 3 is 2.43 bits per heavy atom. The first-order chi connectivity index (χ1) is 11.3. The predicted octanol–water partition coefficient (Wildman–Crippen LogP) is 4.64. The van der Waals surface area contributed by atoms with Gasteiger partial charge in [0, 0.05) is 23.6 Å². The zero-order valence-electron chi connectivity index (χ0n) is 12.9. The van der Waals surface area contributed by atoms with Crippen molar-refractivity contribution in [2.45, 2.75) is 17.9 Å². The molecule has 0 saturated heterocycles. The van der Waals surface area contributed by atoms with E-state index < -0.39 is 0 Å². The minimum atomic E-state index is 0.0987. The number of benzene rings is 3. The molecule has 0 saturated carbocycles. The Kier molecular flexibility index (Phi) is 5.33. The SMILES string of the molecule is O=C(CCSc1ccccc1)NCc1ccc2ccccc2c1. The summed E-state index contributed by atoms with van der Waals surface area (Å²) in [5, 5.41) is 5.43. The number of carbonyl (C=O) groups excluding carboxylic acids is 1. The van der Waals surface area contributed by atoms with Gasteiger partial charge in [-0.25, -0.2) is 0 Å². The van der Waals surface area contributed by atoms with Crippen molar-refractivity contribution in [1.29, 1.82) is 0 Å². The van der Waals surface area contributed by atoms with Crippen LogP contribution in [0.3, 0.4) is 0 Å². The van der Waals surface area contributed by atoms with Gasteiger partial charge < -0.3 is 5.32 Å². The van der Waals surface area contributed by atoms with E-state index >= 15 is 0 Å². The van der Waals surface area contributed by atoms with E-state index in [2.05, 4.69) is 47.8 Å². The third kappa shape index (κ3) is 4.60. The highest BCUT2D eigenvalue weighted by molar-refractivity contribution is 7.99. The average Bonchev–Trinajstić information content (AvgIpc) is 2.61. The van der Waals surface area contributed by atoms with Crippen LogP contribution in [-0.2, 0) is 11.3 Å². The first-order valence-electron chi connectivity index (χ1n) is 7.73. The lowest BCUT2D eigenvalue weighted by Gasteiger charge is -2.07. The molecule has 1 N–H and O–H groups in total. The van der Waals surface area contributed by atoms with Gasteiger partial charge in [-0.1, -0.05) is 54.6 Å². The number of amides is 1. The second-order valence-corrected chi connectivity index (χ2v) is 6.54. The fraction of sp³-hybridized carbons (Fsp3) is 0.150. The standard InChI is InChI=1S/C20H19NOS/c22-20(12-13-23-19-8-2-1-3-9-19)21-15-16-10-11-17-6-4-5-7-18(17)14-16/h1-11,14H,12-13,15H2,(H,21,22). The van der Waals surface area contributed by atoms with Gasteiger partial charge in [0.1, 0.15) is 0 Å². The predicted molar refractivity (Wildman–Crippen MR) is 97.6 cm³/mol. The monoisotopic (exact) mass is 321 g/mol. The smallest absolute Gasteiger partial charge is 0.221 e. The lowest BCUT2D eigenvalue weighted by Crippen LogP contribution is -2.22. The Hall–Kier alpha value is -2.26. The number of carbonyl (C=O) groups is 1. The summed E-state index contributed by atoms with van der Waals surface area (Å²) in [7, 11) is 0. The van der Waals surface area contributed by atoms with E-state index in [1.807, 2.05) is 30.3 Å². The fourth-order valence-electron chi connectivity index (χ4n) is 2.42. The number of fused-ring (bicyclic) bond motifs is 1. The van der Waals surface area contributed by atoms with E-state index in [0.29, 0.717) is 13.0 Å². The molecule has 0 radical (unpaired) electrons. The van der Waals surface area contributed by atoms with E-state index in [1.165, 1.54) is 15.7 Å². The van der Waals surface area contributed by atoms with Crippen LogP contribution in [0.5, 0.6) is 0 Å². The van der Waals surface area contributed by atoms with E-state index in [1.54, 1.807) is 11.8 Å². The zero-order valence-corrected chi connectivity index (χ0v) is 13.7. The summed E-state index contributed by atoms with van der Waals surface area (Å²) in [4.78, 5) is 13.1. The van der Waals surface area contributed by atoms with Crippen molar-refractivity contribution in [1.82, 2.24) is 5.32 Å². The molecular weight excluding hydrogens is 302 g/mol. The Morgan fingerprint density at radius 1 is 0.870 bits per heavy atom. The van der Waals surface area contributed by atoms with Crippen LogP contribution in [0.4, 0.5) is 0 Å². The molecule has 3 heteroatoms. The van der Waals surface area contributed by atoms with Crippen LogP contribution in [-0.4, -0.2) is 11.7 Å². The molecule has 3 aromatic rings. The molecule has 0 fully saturated rings. The maximum atomic E-state index is 11.9. The van der Waals surface area contributed by atoms with E-state index in [4.69, 9.17) is 0 Å². The van der Waals surface area contributed by atoms with E-state index in [0.717, 1.165) is 11.3 Å². The number of thioether (sulfide) groups is 1. The summed E-state index contributed by atoms with van der Waals surface area (Å²) >= 11 is 1.71. The minimum absolute atomic E-state index is 0.0987. The third-order valence-corrected chi connectivity index (χ3v) is 4.66. The van der Waals surface area contributed by atoms with Gasteiger partial charge in [-0.15, -0.1) is 11.8 Å². The topological polar surface area (TPSA) is 29.1 Å². The van der Waals surface area contributed by atoms with Crippen molar-refractivity contribution in [3.05, 3.63) is 78.4 Å². The average molecular weight is 321 g/mol. The summed E-state index contributed by atoms with van der Waals surface area (Å²) in [5.74, 6) is 0.898. The van der Waals surface area contributed by atoms with E-state index in [-0.39, 0.29) is 5.91 Å². The van der Waals surface area contributed by atoms with Crippen LogP contribution in [0.2, 0.25) is 0 Å². The largest absolute Gasteiger partial charge is 0.352 e. The Morgan fingerprint density at radius 2 is 1.61 bits per heavy atom. The fourth-order valence-corrected chi connectivity index (χ4v) is 3.29. The van der Waals surface area contributed by atoms with Gasteiger partial charge in [-0.05, 0) is 34.5 Å². The van der Waals surface area contributed by atoms with Gasteiger partial charge in [0.2, 0.25) is 5.91 Å². The first kappa shape index (κ1) is 15.6. The molecule has 0 heterocycles. The van der Waals surface area contributed by atoms with Crippen molar-refractivity contribution in [2.24, 2.45) is 0 Å². The molecular formula is C20H19NOS. The quantitative estimate of drug-likeness (QED) is 0.670. The number of hydrogen-bond donors (Lipinski definition) is 1. The highest BCUT2D eigenvalue weighted by Crippen LogP contribution is 2.18. The maximum absolute atomic E-state index is 11.9. The first-order valence-corrected chi connectivity index (χ1v) is 8.72. The third-order valence-electron chi connectivity index (χ3n) is 3.64. The Labute approximate surface area is 140 Å². The Balaban J connectivity index is 1.46. The van der Waals surface area contributed by atoms with Crippen LogP contribution in [0.25, 0.3) is 10.8 Å². The summed E-state index contributed by atoms with van der Waals surface area (Å²) in [6, 6.07) is 24.7. The van der Waals surface area contributed by atoms with Crippen LogP contribution >= 0.6 is 11.8 Å². The lowest BCUT2D eigenvalue weighted by molar-refractivity contribution is -0.120. The van der Waals surface area contributed by atoms with Crippen LogP contribution in [0.15, 0.2) is 77.7 Å². The molecule has 2 nitrogen and oxygen atoms in total. The molecule has 23 heavy (non-hydrogen) atoms. The number of rotatable bonds is 6. The van der Waals surface area contributed by atoms with Crippen molar-refractivity contribution in [3.8, 4) is 0 Å². The van der Waals surface area contributed by atoms with Crippen molar-refractivity contribution < 1.29 is 4.79 Å². The van der Waals surface area contributed by atoms with Gasteiger partial charge in [0.25, 0.3) is 0 Å². The summed E-state index contributed by atoms with van der Waals surface area (Å²) in [5.41, 5.74) is 1.13. The molecule has 0 aliphatic heterocycles. The Bertz CT molecular complexity index is 786. The molecule has 0 unspecified atom stereocenters. The maximum Gasteiger partial charge on any atom is 0.221 e. The van der Waals surface area contributed by atoms with Gasteiger partial charge in [0.05, 0.1) is 0 Å². The summed E-state index contributed by atoms with van der Waals surface area (Å²) < 4.78 is 0. The van der Waals surface area contributed by atoms with Crippen molar-refractivity contribution in [3.63, 3.8) is 0 Å². The van der Waals surface area contributed by atoms with Gasteiger partial charge in [-0.2, -0.15) is 0 Å². The van der Waals surface area contributed by atoms with E-state index in [9.17, 15) is 4.79 Å². The highest BCUT2D eigenvalue weighted by Gasteiger charge is 2.03. The second-order valence-electron chi connectivity index (χ2n) is 5.37. The molecule has 0 atom stereocenters. The van der Waals surface area contributed by atoms with Crippen molar-refractivity contribution in [2.75, 3.05) is 5.75 Å². The van der Waals surface area contributed by atoms with Gasteiger partial charge in [0.15, 0.2) is 0 Å². The normalized spacial score (nSPS) is 10.6. The van der Waals surface area contributed by atoms with Crippen LogP contribution < -0.4 is 5.32 Å². The molecule has 0 aliphatic carbocycles. The number of hydrogen-bond acceptors (Lipinski definition) is 2. The van der Waals surface area contributed by atoms with Crippen LogP contribution in [0, 0.1) is 0 Å². The van der Waals surface area contributed by atoms with Crippen LogP contribution in [0.1, 0.15) is 12.0 Å². The summed E-state index contributed by atoms with van der Waals surface area (Å²) in [6.45, 7) is 0.583. The zero-order chi connectivity index (χ0) is 15.9. The highest BCUT2D eigenvalue weighted by atomic mass is 32.2. The lowest BCUT2D eigenvalue weighted by atomic mass is 10.1. The molecule has 0 bridgehead atoms. The summed E-state index contributed by atoms with van der Waals surface area (Å²) in [6.07, 6.45) is 0.535. The van der Waals surface area contributed by atoms with Gasteiger partial charge >= 0.3 is 0 Å². The molecule has 3 aromatic carbocycles. The minimum Gasteiger partial charge on any atom is -0.352 e. The molecule has 116 valence electrons. The van der Waals surface area contributed by atoms with Gasteiger partial charge in [-0.3, -0.25) is 4.79 Å².